The lowest BCUT2D eigenvalue weighted by atomic mass is 9.99. The second-order valence-electron chi connectivity index (χ2n) is 7.39. The largest absolute Gasteiger partial charge is 0.462 e. The van der Waals surface area contributed by atoms with E-state index < -0.39 is 37.3 Å². The van der Waals surface area contributed by atoms with Crippen molar-refractivity contribution in [2.24, 2.45) is 0 Å². The first-order chi connectivity index (χ1) is 11.7. The van der Waals surface area contributed by atoms with Gasteiger partial charge in [-0.15, -0.1) is 0 Å². The van der Waals surface area contributed by atoms with E-state index in [4.69, 9.17) is 9.47 Å². The molecule has 142 valence electrons. The normalized spacial score (nSPS) is 30.3. The van der Waals surface area contributed by atoms with Crippen molar-refractivity contribution in [1.82, 2.24) is 5.32 Å². The molecule has 1 aliphatic rings. The molecule has 1 aliphatic heterocycles. The highest BCUT2D eigenvalue weighted by Crippen LogP contribution is 2.24. The van der Waals surface area contributed by atoms with Gasteiger partial charge < -0.3 is 35.2 Å². The van der Waals surface area contributed by atoms with Crippen LogP contribution in [0.4, 0.5) is 0 Å². The molecule has 7 heteroatoms. The number of benzene rings is 1. The maximum atomic E-state index is 9.98. The molecule has 1 aromatic carbocycles. The smallest absolute Gasteiger partial charge is 0.229 e. The fraction of sp³-hybridized carbons (Fsp3) is 0.667. The van der Waals surface area contributed by atoms with Crippen LogP contribution in [0.1, 0.15) is 26.3 Å². The minimum absolute atomic E-state index is 0.0756. The zero-order valence-corrected chi connectivity index (χ0v) is 14.9. The molecule has 0 aliphatic carbocycles. The zero-order valence-electron chi connectivity index (χ0n) is 14.9. The minimum Gasteiger partial charge on any atom is -0.462 e. The summed E-state index contributed by atoms with van der Waals surface area (Å²) in [4.78, 5) is 0. The van der Waals surface area contributed by atoms with E-state index in [-0.39, 0.29) is 5.54 Å². The molecular weight excluding hydrogens is 326 g/mol. The Bertz CT molecular complexity index is 527. The molecular formula is C18H29NO6. The van der Waals surface area contributed by atoms with Gasteiger partial charge in [0.05, 0.1) is 6.61 Å². The summed E-state index contributed by atoms with van der Waals surface area (Å²) in [6.45, 7) is 6.72. The van der Waals surface area contributed by atoms with Gasteiger partial charge >= 0.3 is 0 Å². The molecule has 1 heterocycles. The van der Waals surface area contributed by atoms with Crippen LogP contribution in [0.2, 0.25) is 0 Å². The van der Waals surface area contributed by atoms with Crippen molar-refractivity contribution in [2.45, 2.75) is 63.4 Å². The van der Waals surface area contributed by atoms with Gasteiger partial charge in [0.2, 0.25) is 6.29 Å². The lowest BCUT2D eigenvalue weighted by molar-refractivity contribution is -0.277. The van der Waals surface area contributed by atoms with E-state index in [1.165, 1.54) is 0 Å². The number of hydrogen-bond acceptors (Lipinski definition) is 7. The molecule has 7 nitrogen and oxygen atoms in total. The zero-order chi connectivity index (χ0) is 18.6. The van der Waals surface area contributed by atoms with Crippen molar-refractivity contribution < 1.29 is 29.9 Å². The minimum atomic E-state index is -1.45. The number of aliphatic hydroxyl groups is 4. The van der Waals surface area contributed by atoms with E-state index in [1.54, 1.807) is 12.1 Å². The Kier molecular flexibility index (Phi) is 6.79. The molecule has 25 heavy (non-hydrogen) atoms. The van der Waals surface area contributed by atoms with Crippen LogP contribution in [0.5, 0.6) is 5.75 Å². The maximum absolute atomic E-state index is 9.98. The molecule has 5 N–H and O–H groups in total. The van der Waals surface area contributed by atoms with Gasteiger partial charge in [-0.2, -0.15) is 0 Å². The number of hydrogen-bond donors (Lipinski definition) is 5. The highest BCUT2D eigenvalue weighted by atomic mass is 16.7. The molecule has 1 fully saturated rings. The van der Waals surface area contributed by atoms with Crippen LogP contribution in [-0.2, 0) is 11.2 Å². The van der Waals surface area contributed by atoms with Crippen LogP contribution in [0.25, 0.3) is 0 Å². The van der Waals surface area contributed by atoms with Crippen molar-refractivity contribution in [3.8, 4) is 5.75 Å². The second kappa shape index (κ2) is 8.44. The van der Waals surface area contributed by atoms with Crippen LogP contribution in [0.3, 0.4) is 0 Å². The third kappa shape index (κ3) is 5.64. The van der Waals surface area contributed by atoms with Crippen molar-refractivity contribution in [3.63, 3.8) is 0 Å². The van der Waals surface area contributed by atoms with Gasteiger partial charge in [0.25, 0.3) is 0 Å². The topological polar surface area (TPSA) is 111 Å². The lowest BCUT2D eigenvalue weighted by Crippen LogP contribution is -2.60. The quantitative estimate of drug-likeness (QED) is 0.480. The SMILES string of the molecule is CC(C)(C)NCCc1ccc(O[C@H]2OC(CO)[C@@H](O)[C@H](O)C2O)cc1. The summed E-state index contributed by atoms with van der Waals surface area (Å²) in [7, 11) is 0. The highest BCUT2D eigenvalue weighted by Gasteiger charge is 2.44. The van der Waals surface area contributed by atoms with Gasteiger partial charge in [-0.05, 0) is 51.4 Å². The van der Waals surface area contributed by atoms with E-state index >= 15 is 0 Å². The molecule has 0 bridgehead atoms. The highest BCUT2D eigenvalue weighted by molar-refractivity contribution is 5.27. The van der Waals surface area contributed by atoms with Gasteiger partial charge in [-0.25, -0.2) is 0 Å². The molecule has 0 aromatic heterocycles. The maximum Gasteiger partial charge on any atom is 0.229 e. The molecule has 0 spiro atoms. The molecule has 2 rings (SSSR count). The molecule has 1 aromatic rings. The summed E-state index contributed by atoms with van der Waals surface area (Å²) < 4.78 is 10.9. The molecule has 0 radical (unpaired) electrons. The monoisotopic (exact) mass is 355 g/mol. The Balaban J connectivity index is 1.92. The van der Waals surface area contributed by atoms with Gasteiger partial charge in [0, 0.05) is 5.54 Å². The fourth-order valence-electron chi connectivity index (χ4n) is 2.62. The van der Waals surface area contributed by atoms with E-state index in [0.717, 1.165) is 18.5 Å². The number of rotatable bonds is 6. The first-order valence-electron chi connectivity index (χ1n) is 8.52. The van der Waals surface area contributed by atoms with Gasteiger partial charge in [0.15, 0.2) is 0 Å². The molecule has 5 atom stereocenters. The van der Waals surface area contributed by atoms with Crippen molar-refractivity contribution in [1.29, 1.82) is 0 Å². The van der Waals surface area contributed by atoms with E-state index in [1.807, 2.05) is 12.1 Å². The molecule has 0 amide bonds. The standard InChI is InChI=1S/C18H29NO6/c1-18(2,3)19-9-8-11-4-6-12(7-5-11)24-17-16(23)15(22)14(21)13(10-20)25-17/h4-7,13-17,19-23H,8-10H2,1-3H3/t13?,14-,15+,16?,17+/m1/s1. The predicted octanol–water partition coefficient (Wildman–Crippen LogP) is -0.204. The number of nitrogens with one attached hydrogen (secondary N) is 1. The Morgan fingerprint density at radius 2 is 1.68 bits per heavy atom. The van der Waals surface area contributed by atoms with Crippen molar-refractivity contribution in [2.75, 3.05) is 13.2 Å². The van der Waals surface area contributed by atoms with Crippen molar-refractivity contribution >= 4 is 0 Å². The van der Waals surface area contributed by atoms with E-state index in [0.29, 0.717) is 5.75 Å². The number of ether oxygens (including phenoxy) is 2. The lowest BCUT2D eigenvalue weighted by Gasteiger charge is -2.39. The summed E-state index contributed by atoms with van der Waals surface area (Å²) >= 11 is 0. The second-order valence-corrected chi connectivity index (χ2v) is 7.39. The third-order valence-electron chi connectivity index (χ3n) is 4.09. The summed E-state index contributed by atoms with van der Waals surface area (Å²) in [6.07, 6.45) is -5.52. The summed E-state index contributed by atoms with van der Waals surface area (Å²) in [5.41, 5.74) is 1.21. The van der Waals surface area contributed by atoms with Crippen LogP contribution in [-0.4, -0.2) is 69.8 Å². The van der Waals surface area contributed by atoms with Crippen LogP contribution in [0.15, 0.2) is 24.3 Å². The average Bonchev–Trinajstić information content (AvgIpc) is 2.56. The third-order valence-corrected chi connectivity index (χ3v) is 4.09. The van der Waals surface area contributed by atoms with E-state index in [2.05, 4.69) is 26.1 Å². The van der Waals surface area contributed by atoms with E-state index in [9.17, 15) is 20.4 Å². The van der Waals surface area contributed by atoms with Gasteiger partial charge in [0.1, 0.15) is 30.2 Å². The summed E-state index contributed by atoms with van der Waals surface area (Å²) in [6, 6.07) is 7.36. The predicted molar refractivity (Wildman–Crippen MR) is 92.3 cm³/mol. The Labute approximate surface area is 148 Å². The first-order valence-corrected chi connectivity index (χ1v) is 8.52. The number of aliphatic hydroxyl groups excluding tert-OH is 4. The molecule has 0 saturated carbocycles. The van der Waals surface area contributed by atoms with Crippen LogP contribution >= 0.6 is 0 Å². The van der Waals surface area contributed by atoms with Crippen molar-refractivity contribution in [3.05, 3.63) is 29.8 Å². The van der Waals surface area contributed by atoms with Crippen LogP contribution < -0.4 is 10.1 Å². The Hall–Kier alpha value is -1.22. The fourth-order valence-corrected chi connectivity index (χ4v) is 2.62. The Morgan fingerprint density at radius 3 is 2.24 bits per heavy atom. The van der Waals surface area contributed by atoms with Gasteiger partial charge in [-0.1, -0.05) is 12.1 Å². The van der Waals surface area contributed by atoms with Crippen LogP contribution in [0, 0.1) is 0 Å². The summed E-state index contributed by atoms with van der Waals surface area (Å²) in [5.74, 6) is 0.469. The Morgan fingerprint density at radius 1 is 1.04 bits per heavy atom. The average molecular weight is 355 g/mol. The summed E-state index contributed by atoms with van der Waals surface area (Å²) in [5, 5.41) is 42.1. The van der Waals surface area contributed by atoms with Gasteiger partial charge in [-0.3, -0.25) is 0 Å². The molecule has 2 unspecified atom stereocenters. The molecule has 1 saturated heterocycles. The first kappa shape index (κ1) is 20.1.